The molecule has 0 saturated carbocycles. The Labute approximate surface area is 369 Å². The van der Waals surface area contributed by atoms with Gasteiger partial charge in [-0.05, 0) is 98.2 Å². The molecule has 4 heteroatoms. The summed E-state index contributed by atoms with van der Waals surface area (Å²) in [6.07, 6.45) is 0. The normalized spacial score (nSPS) is 11.5. The van der Waals surface area contributed by atoms with Crippen molar-refractivity contribution in [2.24, 2.45) is 0 Å². The smallest absolute Gasteiger partial charge is 0.137 e. The highest BCUT2D eigenvalue weighted by molar-refractivity contribution is 7.21. The van der Waals surface area contributed by atoms with Crippen LogP contribution in [0, 0.1) is 0 Å². The predicted molar refractivity (Wildman–Crippen MR) is 266 cm³/mol. The van der Waals surface area contributed by atoms with Crippen LogP contribution in [-0.2, 0) is 0 Å². The van der Waals surface area contributed by atoms with Gasteiger partial charge in [0.1, 0.15) is 16.2 Å². The van der Waals surface area contributed by atoms with Crippen LogP contribution in [0.1, 0.15) is 0 Å². The van der Waals surface area contributed by atoms with E-state index in [2.05, 4.69) is 223 Å². The molecule has 0 aliphatic carbocycles. The Morgan fingerprint density at radius 1 is 0.381 bits per heavy atom. The Balaban J connectivity index is 1.05. The molecule has 3 nitrogen and oxygen atoms in total. The molecule has 63 heavy (non-hydrogen) atoms. The van der Waals surface area contributed by atoms with Crippen LogP contribution in [0.15, 0.2) is 235 Å². The van der Waals surface area contributed by atoms with E-state index in [1.165, 1.54) is 38.6 Å². The first-order chi connectivity index (χ1) is 31.2. The third kappa shape index (κ3) is 6.65. The summed E-state index contributed by atoms with van der Waals surface area (Å²) in [6.45, 7) is 0. The minimum absolute atomic E-state index is 0.866. The third-order valence-corrected chi connectivity index (χ3v) is 13.1. The number of hydrogen-bond donors (Lipinski definition) is 0. The van der Waals surface area contributed by atoms with Crippen molar-refractivity contribution in [1.82, 2.24) is 4.98 Å². The van der Waals surface area contributed by atoms with Crippen molar-refractivity contribution in [3.8, 4) is 55.1 Å². The average molecular weight is 823 g/mol. The fourth-order valence-electron chi connectivity index (χ4n) is 9.07. The monoisotopic (exact) mass is 822 g/mol. The Morgan fingerprint density at radius 3 is 1.76 bits per heavy atom. The summed E-state index contributed by atoms with van der Waals surface area (Å²) in [6, 6.07) is 82.4. The number of aromatic nitrogens is 1. The number of rotatable bonds is 8. The van der Waals surface area contributed by atoms with Gasteiger partial charge in [-0.25, -0.2) is 4.98 Å². The van der Waals surface area contributed by atoms with Gasteiger partial charge in [0.05, 0.1) is 10.2 Å². The molecule has 2 heterocycles. The van der Waals surface area contributed by atoms with E-state index in [0.29, 0.717) is 0 Å². The molecule has 0 bridgehead atoms. The zero-order valence-electron chi connectivity index (χ0n) is 34.2. The van der Waals surface area contributed by atoms with E-state index in [-0.39, 0.29) is 0 Å². The summed E-state index contributed by atoms with van der Waals surface area (Å²) in [7, 11) is 0. The quantitative estimate of drug-likeness (QED) is 0.153. The van der Waals surface area contributed by atoms with E-state index < -0.39 is 0 Å². The molecule has 0 spiro atoms. The minimum atomic E-state index is 0.866. The molecule has 0 aliphatic rings. The van der Waals surface area contributed by atoms with E-state index in [4.69, 9.17) is 9.40 Å². The molecule has 296 valence electrons. The molecule has 0 N–H and O–H groups in total. The molecule has 2 aromatic heterocycles. The number of anilines is 3. The van der Waals surface area contributed by atoms with Gasteiger partial charge in [0.15, 0.2) is 0 Å². The molecule has 0 unspecified atom stereocenters. The maximum Gasteiger partial charge on any atom is 0.137 e. The Bertz CT molecular complexity index is 3610. The minimum Gasteiger partial charge on any atom is -0.456 e. The average Bonchev–Trinajstić information content (AvgIpc) is 3.96. The summed E-state index contributed by atoms with van der Waals surface area (Å²) < 4.78 is 7.64. The van der Waals surface area contributed by atoms with Crippen molar-refractivity contribution in [2.45, 2.75) is 0 Å². The number of hydrogen-bond acceptors (Lipinski definition) is 4. The van der Waals surface area contributed by atoms with Crippen LogP contribution >= 0.6 is 11.3 Å². The number of para-hydroxylation sites is 1. The molecule has 0 fully saturated rings. The summed E-state index contributed by atoms with van der Waals surface area (Å²) in [4.78, 5) is 7.73. The molecule has 12 rings (SSSR count). The molecular formula is C59H38N2OS. The maximum absolute atomic E-state index is 6.55. The van der Waals surface area contributed by atoms with Gasteiger partial charge in [0.2, 0.25) is 0 Å². The number of benzene rings is 10. The lowest BCUT2D eigenvalue weighted by Gasteiger charge is -2.27. The highest BCUT2D eigenvalue weighted by atomic mass is 32.1. The molecule has 10 aromatic carbocycles. The van der Waals surface area contributed by atoms with Gasteiger partial charge in [-0.1, -0.05) is 176 Å². The first-order valence-electron chi connectivity index (χ1n) is 21.3. The van der Waals surface area contributed by atoms with Crippen molar-refractivity contribution in [2.75, 3.05) is 4.90 Å². The van der Waals surface area contributed by atoms with Crippen LogP contribution in [-0.4, -0.2) is 4.98 Å². The van der Waals surface area contributed by atoms with Gasteiger partial charge >= 0.3 is 0 Å². The standard InChI is InChI=1S/C59H38N2OS/c1-4-16-40(17-5-1)50-34-33-49(37-52(50)41-18-6-2-7-19-41)61(48-24-14-23-45(36-48)46-28-27-39-15-10-11-22-44(39)35-46)47-31-29-42(30-32-47)56-57-51-25-12-13-26-53(51)62-54(57)38-55-58(56)60-59(63-55)43-20-8-3-9-21-43/h1-38H. The molecular weight excluding hydrogens is 785 g/mol. The lowest BCUT2D eigenvalue weighted by molar-refractivity contribution is 0.669. The van der Waals surface area contributed by atoms with Gasteiger partial charge in [-0.3, -0.25) is 0 Å². The second-order valence-electron chi connectivity index (χ2n) is 15.9. The summed E-state index contributed by atoms with van der Waals surface area (Å²) >= 11 is 1.71. The van der Waals surface area contributed by atoms with Crippen LogP contribution in [0.5, 0.6) is 0 Å². The highest BCUT2D eigenvalue weighted by Crippen LogP contribution is 2.46. The topological polar surface area (TPSA) is 29.3 Å². The number of furan rings is 1. The van der Waals surface area contributed by atoms with E-state index in [1.807, 2.05) is 12.1 Å². The third-order valence-electron chi connectivity index (χ3n) is 12.1. The van der Waals surface area contributed by atoms with Crippen molar-refractivity contribution in [1.29, 1.82) is 0 Å². The molecule has 0 radical (unpaired) electrons. The molecule has 0 aliphatic heterocycles. The zero-order valence-corrected chi connectivity index (χ0v) is 35.0. The maximum atomic E-state index is 6.55. The van der Waals surface area contributed by atoms with Crippen molar-refractivity contribution < 1.29 is 4.42 Å². The fraction of sp³-hybridized carbons (Fsp3) is 0. The molecule has 12 aromatic rings. The van der Waals surface area contributed by atoms with Gasteiger partial charge in [0, 0.05) is 45.0 Å². The van der Waals surface area contributed by atoms with Crippen LogP contribution in [0.4, 0.5) is 17.1 Å². The Hall–Kier alpha value is -8.05. The van der Waals surface area contributed by atoms with E-state index in [9.17, 15) is 0 Å². The second kappa shape index (κ2) is 15.4. The zero-order chi connectivity index (χ0) is 41.7. The number of thiazole rings is 1. The lowest BCUT2D eigenvalue weighted by Crippen LogP contribution is -2.10. The fourth-order valence-corrected chi connectivity index (χ4v) is 10.1. The summed E-state index contributed by atoms with van der Waals surface area (Å²) in [5, 5.41) is 5.62. The van der Waals surface area contributed by atoms with Crippen LogP contribution in [0.2, 0.25) is 0 Å². The van der Waals surface area contributed by atoms with Crippen molar-refractivity contribution in [3.63, 3.8) is 0 Å². The van der Waals surface area contributed by atoms with Crippen LogP contribution < -0.4 is 4.90 Å². The molecule has 0 atom stereocenters. The van der Waals surface area contributed by atoms with Crippen molar-refractivity contribution in [3.05, 3.63) is 231 Å². The molecule has 0 amide bonds. The van der Waals surface area contributed by atoms with Gasteiger partial charge < -0.3 is 9.32 Å². The van der Waals surface area contributed by atoms with Crippen LogP contribution in [0.3, 0.4) is 0 Å². The van der Waals surface area contributed by atoms with Crippen LogP contribution in [0.25, 0.3) is 98.0 Å². The summed E-state index contributed by atoms with van der Waals surface area (Å²) in [5.41, 5.74) is 16.2. The number of fused-ring (bicyclic) bond motifs is 5. The largest absolute Gasteiger partial charge is 0.456 e. The second-order valence-corrected chi connectivity index (χ2v) is 16.9. The first-order valence-corrected chi connectivity index (χ1v) is 22.1. The van der Waals surface area contributed by atoms with E-state index >= 15 is 0 Å². The summed E-state index contributed by atoms with van der Waals surface area (Å²) in [5.74, 6) is 0. The number of nitrogens with zero attached hydrogens (tertiary/aromatic N) is 2. The Morgan fingerprint density at radius 2 is 0.984 bits per heavy atom. The van der Waals surface area contributed by atoms with Gasteiger partial charge in [-0.2, -0.15) is 0 Å². The first kappa shape index (κ1) is 36.8. The Kier molecular flexibility index (Phi) is 9.02. The van der Waals surface area contributed by atoms with E-state index in [1.54, 1.807) is 11.3 Å². The van der Waals surface area contributed by atoms with E-state index in [0.717, 1.165) is 76.5 Å². The lowest BCUT2D eigenvalue weighted by atomic mass is 9.93. The SMILES string of the molecule is c1ccc(-c2nc3c(-c4ccc(N(c5cccc(-c6ccc7ccccc7c6)c5)c5ccc(-c6ccccc6)c(-c6ccccc6)c5)cc4)c4c(cc3s2)oc2ccccc24)cc1. The van der Waals surface area contributed by atoms with Crippen molar-refractivity contribution >= 4 is 71.3 Å². The molecule has 0 saturated heterocycles. The predicted octanol–water partition coefficient (Wildman–Crippen LogP) is 17.2. The van der Waals surface area contributed by atoms with Gasteiger partial charge in [-0.15, -0.1) is 11.3 Å². The van der Waals surface area contributed by atoms with Gasteiger partial charge in [0.25, 0.3) is 0 Å². The highest BCUT2D eigenvalue weighted by Gasteiger charge is 2.22.